The molecule has 1 aliphatic rings. The first-order valence-corrected chi connectivity index (χ1v) is 10.7. The van der Waals surface area contributed by atoms with Crippen LogP contribution in [-0.4, -0.2) is 39.3 Å². The molecule has 7 nitrogen and oxygen atoms in total. The molecule has 1 amide bonds. The third-order valence-electron chi connectivity index (χ3n) is 5.54. The summed E-state index contributed by atoms with van der Waals surface area (Å²) in [6.45, 7) is 4.58. The van der Waals surface area contributed by atoms with Crippen molar-refractivity contribution in [1.29, 1.82) is 0 Å². The fraction of sp³-hybridized carbons (Fsp3) is 0.240. The van der Waals surface area contributed by atoms with E-state index < -0.39 is 0 Å². The number of hydrogen-bond acceptors (Lipinski definition) is 6. The zero-order valence-electron chi connectivity index (χ0n) is 18.7. The van der Waals surface area contributed by atoms with Crippen molar-refractivity contribution in [2.75, 3.05) is 54.7 Å². The van der Waals surface area contributed by atoms with Gasteiger partial charge in [0.25, 0.3) is 5.91 Å². The third-order valence-corrected chi connectivity index (χ3v) is 5.54. The van der Waals surface area contributed by atoms with Gasteiger partial charge in [-0.1, -0.05) is 6.07 Å². The number of ether oxygens (including phenoxy) is 2. The molecule has 4 N–H and O–H groups in total. The summed E-state index contributed by atoms with van der Waals surface area (Å²) in [4.78, 5) is 15.0. The third kappa shape index (κ3) is 5.35. The number of methoxy groups -OCH3 is 1. The van der Waals surface area contributed by atoms with Crippen molar-refractivity contribution < 1.29 is 18.7 Å². The predicted molar refractivity (Wildman–Crippen MR) is 129 cm³/mol. The molecule has 0 atom stereocenters. The van der Waals surface area contributed by atoms with Gasteiger partial charge < -0.3 is 30.7 Å². The molecule has 0 unspecified atom stereocenters. The molecule has 1 fully saturated rings. The van der Waals surface area contributed by atoms with Crippen LogP contribution >= 0.6 is 0 Å². The van der Waals surface area contributed by atoms with Crippen molar-refractivity contribution in [3.8, 4) is 5.75 Å². The van der Waals surface area contributed by atoms with Crippen LogP contribution in [-0.2, 0) is 4.74 Å². The Balaban J connectivity index is 1.54. The van der Waals surface area contributed by atoms with Crippen LogP contribution in [0.2, 0.25) is 0 Å². The lowest BCUT2D eigenvalue weighted by Crippen LogP contribution is -2.36. The smallest absolute Gasteiger partial charge is 0.257 e. The molecule has 0 spiro atoms. The van der Waals surface area contributed by atoms with E-state index in [2.05, 4.69) is 15.5 Å². The van der Waals surface area contributed by atoms with Gasteiger partial charge in [-0.25, -0.2) is 4.39 Å². The molecular formula is C25H27FN4O3. The van der Waals surface area contributed by atoms with E-state index in [1.165, 1.54) is 19.2 Å². The van der Waals surface area contributed by atoms with E-state index >= 15 is 0 Å². The normalized spacial score (nSPS) is 13.5. The van der Waals surface area contributed by atoms with Crippen LogP contribution in [0.3, 0.4) is 0 Å². The number of amides is 1. The molecule has 0 aromatic heterocycles. The van der Waals surface area contributed by atoms with Crippen molar-refractivity contribution in [3.05, 3.63) is 71.5 Å². The van der Waals surface area contributed by atoms with Crippen LogP contribution in [0.5, 0.6) is 5.75 Å². The summed E-state index contributed by atoms with van der Waals surface area (Å²) in [7, 11) is 1.53. The SMILES string of the molecule is COc1ccc(N)c(C(=O)Nc2cc(Nc3cc(F)cc(N4CCOCC4)c3)ccc2C)c1. The summed E-state index contributed by atoms with van der Waals surface area (Å²) >= 11 is 0. The van der Waals surface area contributed by atoms with Crippen molar-refractivity contribution in [1.82, 2.24) is 0 Å². The summed E-state index contributed by atoms with van der Waals surface area (Å²) in [6.07, 6.45) is 0. The van der Waals surface area contributed by atoms with Gasteiger partial charge >= 0.3 is 0 Å². The highest BCUT2D eigenvalue weighted by atomic mass is 19.1. The van der Waals surface area contributed by atoms with Crippen LogP contribution in [0.1, 0.15) is 15.9 Å². The Hall–Kier alpha value is -3.78. The number of nitrogens with zero attached hydrogens (tertiary/aromatic N) is 1. The Morgan fingerprint density at radius 2 is 1.85 bits per heavy atom. The number of rotatable bonds is 6. The Labute approximate surface area is 192 Å². The van der Waals surface area contributed by atoms with E-state index in [1.54, 1.807) is 18.2 Å². The monoisotopic (exact) mass is 450 g/mol. The lowest BCUT2D eigenvalue weighted by molar-refractivity contribution is 0.102. The zero-order valence-corrected chi connectivity index (χ0v) is 18.7. The number of nitrogens with two attached hydrogens (primary N) is 1. The lowest BCUT2D eigenvalue weighted by Gasteiger charge is -2.29. The van der Waals surface area contributed by atoms with Gasteiger partial charge in [0.1, 0.15) is 11.6 Å². The molecular weight excluding hydrogens is 423 g/mol. The van der Waals surface area contributed by atoms with Gasteiger partial charge in [0.15, 0.2) is 0 Å². The molecule has 8 heteroatoms. The van der Waals surface area contributed by atoms with Crippen LogP contribution in [0, 0.1) is 12.7 Å². The fourth-order valence-electron chi connectivity index (χ4n) is 3.70. The van der Waals surface area contributed by atoms with Gasteiger partial charge in [-0.05, 0) is 61.0 Å². The number of carbonyl (C=O) groups excluding carboxylic acids is 1. The van der Waals surface area contributed by atoms with Crippen molar-refractivity contribution in [2.45, 2.75) is 6.92 Å². The highest BCUT2D eigenvalue weighted by Gasteiger charge is 2.15. The van der Waals surface area contributed by atoms with Crippen LogP contribution in [0.15, 0.2) is 54.6 Å². The first-order valence-electron chi connectivity index (χ1n) is 10.7. The van der Waals surface area contributed by atoms with Crippen LogP contribution in [0.25, 0.3) is 0 Å². The summed E-state index contributed by atoms with van der Waals surface area (Å²) in [5, 5.41) is 6.15. The summed E-state index contributed by atoms with van der Waals surface area (Å²) in [5.74, 6) is -0.119. The summed E-state index contributed by atoms with van der Waals surface area (Å²) in [6, 6.07) is 15.4. The molecule has 0 saturated carbocycles. The summed E-state index contributed by atoms with van der Waals surface area (Å²) < 4.78 is 24.9. The molecule has 33 heavy (non-hydrogen) atoms. The minimum atomic E-state index is -0.341. The number of halogens is 1. The Bertz CT molecular complexity index is 1160. The molecule has 3 aromatic carbocycles. The number of benzene rings is 3. The van der Waals surface area contributed by atoms with Crippen LogP contribution < -0.4 is 26.0 Å². The van der Waals surface area contributed by atoms with Gasteiger partial charge in [-0.15, -0.1) is 0 Å². The molecule has 1 saturated heterocycles. The maximum absolute atomic E-state index is 14.3. The molecule has 3 aromatic rings. The number of nitrogen functional groups attached to an aromatic ring is 1. The molecule has 4 rings (SSSR count). The minimum Gasteiger partial charge on any atom is -0.497 e. The van der Waals surface area contributed by atoms with Gasteiger partial charge in [-0.3, -0.25) is 4.79 Å². The topological polar surface area (TPSA) is 88.8 Å². The number of aryl methyl sites for hydroxylation is 1. The molecule has 0 radical (unpaired) electrons. The Kier molecular flexibility index (Phi) is 6.65. The average molecular weight is 451 g/mol. The molecule has 0 bridgehead atoms. The number of carbonyl (C=O) groups is 1. The Morgan fingerprint density at radius 1 is 1.06 bits per heavy atom. The Morgan fingerprint density at radius 3 is 2.61 bits per heavy atom. The standard InChI is InChI=1S/C25H27FN4O3/c1-16-3-4-18(14-24(16)29-25(31)22-15-21(32-2)5-6-23(22)27)28-19-11-17(26)12-20(13-19)30-7-9-33-10-8-30/h3-6,11-15,28H,7-10,27H2,1-2H3,(H,29,31). The highest BCUT2D eigenvalue weighted by Crippen LogP contribution is 2.28. The fourth-order valence-corrected chi connectivity index (χ4v) is 3.70. The van der Waals surface area contributed by atoms with Crippen molar-refractivity contribution in [2.24, 2.45) is 0 Å². The summed E-state index contributed by atoms with van der Waals surface area (Å²) in [5.41, 5.74) is 10.3. The molecule has 1 heterocycles. The molecule has 1 aliphatic heterocycles. The zero-order chi connectivity index (χ0) is 23.4. The predicted octanol–water partition coefficient (Wildman–Crippen LogP) is 4.56. The first kappa shape index (κ1) is 22.4. The first-order chi connectivity index (χ1) is 15.9. The van der Waals surface area contributed by atoms with Gasteiger partial charge in [0, 0.05) is 41.5 Å². The number of hydrogen-bond donors (Lipinski definition) is 3. The maximum atomic E-state index is 14.3. The van der Waals surface area contributed by atoms with Crippen molar-refractivity contribution in [3.63, 3.8) is 0 Å². The second-order valence-corrected chi connectivity index (χ2v) is 7.86. The van der Waals surface area contributed by atoms with Gasteiger partial charge in [0.05, 0.1) is 25.9 Å². The number of morpholine rings is 1. The minimum absolute atomic E-state index is 0.323. The van der Waals surface area contributed by atoms with E-state index in [0.717, 1.165) is 24.3 Å². The second kappa shape index (κ2) is 9.79. The van der Waals surface area contributed by atoms with E-state index in [0.29, 0.717) is 47.3 Å². The van der Waals surface area contributed by atoms with E-state index in [-0.39, 0.29) is 11.7 Å². The van der Waals surface area contributed by atoms with Crippen molar-refractivity contribution >= 4 is 34.3 Å². The van der Waals surface area contributed by atoms with Gasteiger partial charge in [-0.2, -0.15) is 0 Å². The maximum Gasteiger partial charge on any atom is 0.257 e. The second-order valence-electron chi connectivity index (χ2n) is 7.86. The molecule has 0 aliphatic carbocycles. The lowest BCUT2D eigenvalue weighted by atomic mass is 10.1. The quantitative estimate of drug-likeness (QED) is 0.477. The van der Waals surface area contributed by atoms with E-state index in [1.807, 2.05) is 31.2 Å². The average Bonchev–Trinajstić information content (AvgIpc) is 2.81. The van der Waals surface area contributed by atoms with Crippen LogP contribution in [0.4, 0.5) is 32.8 Å². The van der Waals surface area contributed by atoms with E-state index in [9.17, 15) is 9.18 Å². The largest absolute Gasteiger partial charge is 0.497 e. The van der Waals surface area contributed by atoms with E-state index in [4.69, 9.17) is 15.2 Å². The highest BCUT2D eigenvalue weighted by molar-refractivity contribution is 6.08. The number of nitrogens with one attached hydrogen (secondary N) is 2. The molecule has 172 valence electrons. The van der Waals surface area contributed by atoms with Gasteiger partial charge in [0.2, 0.25) is 0 Å². The number of anilines is 5.